The minimum absolute atomic E-state index is 0.286. The maximum atomic E-state index is 12.5. The standard InChI is InChI=1S/C26H24O5/c1-4-8-18-15-23(28)30-21-16-20(19-13-14-26(2,3)31-25(19)24(18)21)29-22(27)12-11-17-9-6-5-7-10-17/h5-7,9-16H,4,8H2,1-3H3/b12-11+. The Bertz CT molecular complexity index is 1250. The molecule has 1 aliphatic heterocycles. The lowest BCUT2D eigenvalue weighted by atomic mass is 9.96. The van der Waals surface area contributed by atoms with E-state index in [0.717, 1.165) is 22.9 Å². The Morgan fingerprint density at radius 2 is 1.94 bits per heavy atom. The highest BCUT2D eigenvalue weighted by atomic mass is 16.5. The molecular weight excluding hydrogens is 392 g/mol. The van der Waals surface area contributed by atoms with Gasteiger partial charge < -0.3 is 13.9 Å². The van der Waals surface area contributed by atoms with Crippen LogP contribution in [0.4, 0.5) is 0 Å². The van der Waals surface area contributed by atoms with Crippen molar-refractivity contribution in [3.05, 3.63) is 81.7 Å². The number of hydrogen-bond donors (Lipinski definition) is 0. The van der Waals surface area contributed by atoms with E-state index in [1.165, 1.54) is 12.1 Å². The molecule has 5 heteroatoms. The maximum Gasteiger partial charge on any atom is 0.336 e. The Hall–Kier alpha value is -3.60. The third-order valence-corrected chi connectivity index (χ3v) is 5.03. The molecule has 0 radical (unpaired) electrons. The Kier molecular flexibility index (Phi) is 5.51. The molecule has 0 amide bonds. The Labute approximate surface area is 180 Å². The SMILES string of the molecule is CCCc1cc(=O)oc2cc(OC(=O)/C=C/c3ccccc3)c3c(c12)OC(C)(C)C=C3. The number of fused-ring (bicyclic) bond motifs is 3. The van der Waals surface area contributed by atoms with Crippen molar-refractivity contribution >= 4 is 29.1 Å². The van der Waals surface area contributed by atoms with Crippen molar-refractivity contribution in [3.8, 4) is 11.5 Å². The van der Waals surface area contributed by atoms with Gasteiger partial charge in [-0.25, -0.2) is 9.59 Å². The fraction of sp³-hybridized carbons (Fsp3) is 0.231. The van der Waals surface area contributed by atoms with E-state index in [0.29, 0.717) is 23.3 Å². The molecular formula is C26H24O5. The monoisotopic (exact) mass is 416 g/mol. The van der Waals surface area contributed by atoms with Crippen LogP contribution in [0.2, 0.25) is 0 Å². The predicted octanol–water partition coefficient (Wildman–Crippen LogP) is 5.55. The zero-order valence-electron chi connectivity index (χ0n) is 17.8. The first kappa shape index (κ1) is 20.7. The molecule has 158 valence electrons. The van der Waals surface area contributed by atoms with E-state index in [1.807, 2.05) is 63.3 Å². The Balaban J connectivity index is 1.80. The smallest absolute Gasteiger partial charge is 0.336 e. The molecule has 5 nitrogen and oxygen atoms in total. The van der Waals surface area contributed by atoms with Gasteiger partial charge in [-0.2, -0.15) is 0 Å². The van der Waals surface area contributed by atoms with Gasteiger partial charge in [0.15, 0.2) is 0 Å². The van der Waals surface area contributed by atoms with E-state index in [2.05, 4.69) is 0 Å². The quantitative estimate of drug-likeness (QED) is 0.236. The molecule has 0 fully saturated rings. The molecule has 0 saturated carbocycles. The highest BCUT2D eigenvalue weighted by molar-refractivity contribution is 5.96. The molecule has 0 bridgehead atoms. The van der Waals surface area contributed by atoms with Gasteiger partial charge in [0.25, 0.3) is 0 Å². The summed E-state index contributed by atoms with van der Waals surface area (Å²) in [5, 5.41) is 0.744. The first-order chi connectivity index (χ1) is 14.9. The van der Waals surface area contributed by atoms with E-state index in [-0.39, 0.29) is 5.75 Å². The third kappa shape index (κ3) is 4.45. The molecule has 0 spiro atoms. The molecule has 2 aromatic carbocycles. The molecule has 0 atom stereocenters. The molecule has 2 heterocycles. The van der Waals surface area contributed by atoms with Gasteiger partial charge in [0, 0.05) is 18.2 Å². The summed E-state index contributed by atoms with van der Waals surface area (Å²) >= 11 is 0. The Morgan fingerprint density at radius 3 is 2.68 bits per heavy atom. The molecule has 0 saturated heterocycles. The van der Waals surface area contributed by atoms with Crippen molar-refractivity contribution in [1.82, 2.24) is 0 Å². The van der Waals surface area contributed by atoms with Gasteiger partial charge in [0.05, 0.1) is 10.9 Å². The summed E-state index contributed by atoms with van der Waals surface area (Å²) < 4.78 is 17.3. The molecule has 1 aromatic heterocycles. The van der Waals surface area contributed by atoms with E-state index >= 15 is 0 Å². The lowest BCUT2D eigenvalue weighted by molar-refractivity contribution is -0.128. The second-order valence-corrected chi connectivity index (χ2v) is 8.04. The summed E-state index contributed by atoms with van der Waals surface area (Å²) in [6, 6.07) is 12.6. The average Bonchev–Trinajstić information content (AvgIpc) is 2.72. The first-order valence-electron chi connectivity index (χ1n) is 10.3. The van der Waals surface area contributed by atoms with Crippen molar-refractivity contribution in [2.45, 2.75) is 39.2 Å². The van der Waals surface area contributed by atoms with E-state index in [1.54, 1.807) is 12.1 Å². The van der Waals surface area contributed by atoms with Crippen molar-refractivity contribution in [2.24, 2.45) is 0 Å². The fourth-order valence-corrected chi connectivity index (χ4v) is 3.63. The van der Waals surface area contributed by atoms with Gasteiger partial charge >= 0.3 is 11.6 Å². The van der Waals surface area contributed by atoms with Gasteiger partial charge in [-0.1, -0.05) is 43.7 Å². The summed E-state index contributed by atoms with van der Waals surface area (Å²) in [4.78, 5) is 24.6. The van der Waals surface area contributed by atoms with Crippen LogP contribution in [0.5, 0.6) is 11.5 Å². The molecule has 4 rings (SSSR count). The molecule has 31 heavy (non-hydrogen) atoms. The minimum Gasteiger partial charge on any atom is -0.482 e. The highest BCUT2D eigenvalue weighted by Gasteiger charge is 2.28. The number of benzene rings is 2. The average molecular weight is 416 g/mol. The number of ether oxygens (including phenoxy) is 2. The number of rotatable bonds is 5. The molecule has 1 aliphatic rings. The summed E-state index contributed by atoms with van der Waals surface area (Å²) in [5.74, 6) is 0.316. The summed E-state index contributed by atoms with van der Waals surface area (Å²) in [6.07, 6.45) is 8.44. The zero-order chi connectivity index (χ0) is 22.0. The van der Waals surface area contributed by atoms with Crippen LogP contribution in [0.25, 0.3) is 23.1 Å². The van der Waals surface area contributed by atoms with Crippen molar-refractivity contribution in [3.63, 3.8) is 0 Å². The number of aryl methyl sites for hydroxylation is 1. The summed E-state index contributed by atoms with van der Waals surface area (Å²) in [6.45, 7) is 5.93. The number of carbonyl (C=O) groups is 1. The van der Waals surface area contributed by atoms with Crippen LogP contribution in [0, 0.1) is 0 Å². The van der Waals surface area contributed by atoms with Crippen LogP contribution >= 0.6 is 0 Å². The Morgan fingerprint density at radius 1 is 1.16 bits per heavy atom. The van der Waals surface area contributed by atoms with E-state index in [4.69, 9.17) is 13.9 Å². The van der Waals surface area contributed by atoms with Gasteiger partial charge in [-0.3, -0.25) is 0 Å². The van der Waals surface area contributed by atoms with Crippen LogP contribution < -0.4 is 15.1 Å². The van der Waals surface area contributed by atoms with Gasteiger partial charge in [0.2, 0.25) is 0 Å². The van der Waals surface area contributed by atoms with Crippen LogP contribution in [0.1, 0.15) is 43.9 Å². The van der Waals surface area contributed by atoms with Crippen molar-refractivity contribution in [2.75, 3.05) is 0 Å². The molecule has 0 unspecified atom stereocenters. The van der Waals surface area contributed by atoms with Gasteiger partial charge in [-0.05, 0) is 49.6 Å². The number of hydrogen-bond acceptors (Lipinski definition) is 5. The topological polar surface area (TPSA) is 65.7 Å². The van der Waals surface area contributed by atoms with Crippen LogP contribution in [0.15, 0.2) is 63.8 Å². The largest absolute Gasteiger partial charge is 0.482 e. The maximum absolute atomic E-state index is 12.5. The summed E-state index contributed by atoms with van der Waals surface area (Å²) in [7, 11) is 0. The van der Waals surface area contributed by atoms with E-state index < -0.39 is 17.2 Å². The van der Waals surface area contributed by atoms with Crippen LogP contribution in [-0.2, 0) is 11.2 Å². The van der Waals surface area contributed by atoms with Crippen LogP contribution in [-0.4, -0.2) is 11.6 Å². The highest BCUT2D eigenvalue weighted by Crippen LogP contribution is 2.44. The van der Waals surface area contributed by atoms with Crippen molar-refractivity contribution < 1.29 is 18.7 Å². The molecule has 0 aliphatic carbocycles. The minimum atomic E-state index is -0.546. The first-order valence-corrected chi connectivity index (χ1v) is 10.3. The van der Waals surface area contributed by atoms with Gasteiger partial charge in [-0.15, -0.1) is 0 Å². The zero-order valence-corrected chi connectivity index (χ0v) is 17.8. The lowest BCUT2D eigenvalue weighted by Gasteiger charge is -2.30. The van der Waals surface area contributed by atoms with Crippen LogP contribution in [0.3, 0.4) is 0 Å². The summed E-state index contributed by atoms with van der Waals surface area (Å²) in [5.41, 5.74) is 1.76. The number of carbonyl (C=O) groups excluding carboxylic acids is 1. The predicted molar refractivity (Wildman–Crippen MR) is 121 cm³/mol. The van der Waals surface area contributed by atoms with E-state index in [9.17, 15) is 9.59 Å². The lowest BCUT2D eigenvalue weighted by Crippen LogP contribution is -2.28. The number of esters is 1. The second kappa shape index (κ2) is 8.26. The van der Waals surface area contributed by atoms with Gasteiger partial charge in [0.1, 0.15) is 22.7 Å². The molecule has 0 N–H and O–H groups in total. The normalized spacial score (nSPS) is 14.4. The second-order valence-electron chi connectivity index (χ2n) is 8.04. The fourth-order valence-electron chi connectivity index (χ4n) is 3.63. The van der Waals surface area contributed by atoms with Crippen molar-refractivity contribution in [1.29, 1.82) is 0 Å². The molecule has 3 aromatic rings. The third-order valence-electron chi connectivity index (χ3n) is 5.03.